The third kappa shape index (κ3) is 6.32. The minimum Gasteiger partial charge on any atom is -0.481 e. The number of hydrogen-bond acceptors (Lipinski definition) is 7. The van der Waals surface area contributed by atoms with Gasteiger partial charge in [0, 0.05) is 25.3 Å². The number of halogens is 5. The number of nitrogens with zero attached hydrogens (tertiary/aromatic N) is 4. The number of anilines is 2. The van der Waals surface area contributed by atoms with Crippen molar-refractivity contribution in [3.05, 3.63) is 42.6 Å². The highest BCUT2D eigenvalue weighted by molar-refractivity contribution is 8.45. The zero-order valence-electron chi connectivity index (χ0n) is 19.0. The van der Waals surface area contributed by atoms with Gasteiger partial charge in [-0.2, -0.15) is 5.26 Å². The number of benzene rings is 1. The lowest BCUT2D eigenvalue weighted by atomic mass is 10.1. The van der Waals surface area contributed by atoms with E-state index in [1.165, 1.54) is 32.5 Å². The topological polar surface area (TPSA) is 108 Å². The first-order valence-corrected chi connectivity index (χ1v) is 12.2. The minimum absolute atomic E-state index is 0.0763. The summed E-state index contributed by atoms with van der Waals surface area (Å²) in [7, 11) is -7.16. The van der Waals surface area contributed by atoms with Gasteiger partial charge >= 0.3 is 10.2 Å². The Kier molecular flexibility index (Phi) is 6.81. The van der Waals surface area contributed by atoms with E-state index in [0.717, 1.165) is 9.80 Å². The van der Waals surface area contributed by atoms with Crippen molar-refractivity contribution in [1.82, 2.24) is 9.88 Å². The van der Waals surface area contributed by atoms with Crippen LogP contribution in [0.1, 0.15) is 6.42 Å². The molecule has 1 saturated heterocycles. The van der Waals surface area contributed by atoms with Crippen LogP contribution in [0.2, 0.25) is 0 Å². The molecule has 2 heterocycles. The van der Waals surface area contributed by atoms with E-state index in [4.69, 9.17) is 9.47 Å². The third-order valence-electron chi connectivity index (χ3n) is 5.40. The van der Waals surface area contributed by atoms with Crippen molar-refractivity contribution < 1.29 is 38.5 Å². The SMILES string of the molecule is COc1ccc(NC(=O)CN(C(=O)C2CC(OC)CN2C#N)c2ccc(S(F)(F)(F)(F)F)cc2)cn1. The average Bonchev–Trinajstić information content (AvgIpc) is 3.25. The standard InChI is InChI=1S/C21H22F5N5O4S/c1-34-16-9-18(30(11-16)13-27)21(33)31(12-19(32)29-14-3-8-20(35-2)28-10-14)15-4-6-17(7-5-15)36(22,23,24,25)26/h3-8,10,16,18H,9,11-12H2,1-2H3,(H,29,32). The number of methoxy groups -OCH3 is 2. The van der Waals surface area contributed by atoms with Gasteiger partial charge in [0.2, 0.25) is 11.8 Å². The van der Waals surface area contributed by atoms with Gasteiger partial charge in [0.15, 0.2) is 6.19 Å². The van der Waals surface area contributed by atoms with Crippen LogP contribution in [0.4, 0.5) is 30.8 Å². The molecule has 196 valence electrons. The lowest BCUT2D eigenvalue weighted by Gasteiger charge is -2.40. The number of hydrogen-bond donors (Lipinski definition) is 1. The highest BCUT2D eigenvalue weighted by atomic mass is 32.5. The smallest absolute Gasteiger partial charge is 0.310 e. The molecule has 1 aliphatic rings. The van der Waals surface area contributed by atoms with Crippen LogP contribution in [0, 0.1) is 11.5 Å². The maximum Gasteiger partial charge on any atom is 0.310 e. The van der Waals surface area contributed by atoms with E-state index in [-0.39, 0.29) is 42.4 Å². The van der Waals surface area contributed by atoms with Crippen LogP contribution in [-0.2, 0) is 14.3 Å². The molecule has 2 amide bonds. The zero-order chi connectivity index (χ0) is 26.8. The van der Waals surface area contributed by atoms with Crippen LogP contribution in [0.3, 0.4) is 0 Å². The zero-order valence-corrected chi connectivity index (χ0v) is 19.9. The monoisotopic (exact) mass is 535 g/mol. The maximum absolute atomic E-state index is 13.4. The van der Waals surface area contributed by atoms with Crippen LogP contribution in [0.5, 0.6) is 5.88 Å². The molecule has 9 nitrogen and oxygen atoms in total. The Labute approximate surface area is 203 Å². The number of nitrogens with one attached hydrogen (secondary N) is 1. The van der Waals surface area contributed by atoms with Crippen molar-refractivity contribution in [3.8, 4) is 12.1 Å². The van der Waals surface area contributed by atoms with Crippen LogP contribution in [0.15, 0.2) is 47.5 Å². The van der Waals surface area contributed by atoms with Gasteiger partial charge in [-0.15, -0.1) is 0 Å². The van der Waals surface area contributed by atoms with Gasteiger partial charge < -0.3 is 19.7 Å². The molecule has 2 aromatic rings. The Morgan fingerprint density at radius 3 is 2.33 bits per heavy atom. The molecule has 0 spiro atoms. The quantitative estimate of drug-likeness (QED) is 0.397. The Bertz CT molecular complexity index is 1170. The fourth-order valence-corrected chi connectivity index (χ4v) is 4.24. The minimum atomic E-state index is -9.95. The largest absolute Gasteiger partial charge is 0.481 e. The normalized spacial score (nSPS) is 19.6. The first-order chi connectivity index (χ1) is 16.6. The van der Waals surface area contributed by atoms with Crippen molar-refractivity contribution in [2.45, 2.75) is 23.5 Å². The molecule has 2 atom stereocenters. The van der Waals surface area contributed by atoms with Crippen LogP contribution >= 0.6 is 10.2 Å². The first kappa shape index (κ1) is 27.0. The van der Waals surface area contributed by atoms with Crippen molar-refractivity contribution in [3.63, 3.8) is 0 Å². The van der Waals surface area contributed by atoms with E-state index in [0.29, 0.717) is 12.1 Å². The lowest BCUT2D eigenvalue weighted by molar-refractivity contribution is -0.124. The fourth-order valence-electron chi connectivity index (χ4n) is 3.59. The Morgan fingerprint density at radius 1 is 1.17 bits per heavy atom. The molecule has 1 N–H and O–H groups in total. The molecule has 2 unspecified atom stereocenters. The average molecular weight is 535 g/mol. The molecular formula is C21H22F5N5O4S. The van der Waals surface area contributed by atoms with E-state index in [1.807, 2.05) is 6.19 Å². The Morgan fingerprint density at radius 2 is 1.83 bits per heavy atom. The van der Waals surface area contributed by atoms with Crippen molar-refractivity contribution in [2.24, 2.45) is 0 Å². The van der Waals surface area contributed by atoms with Crippen LogP contribution in [0.25, 0.3) is 0 Å². The van der Waals surface area contributed by atoms with E-state index in [2.05, 4.69) is 10.3 Å². The molecule has 0 saturated carbocycles. The van der Waals surface area contributed by atoms with Gasteiger partial charge in [-0.3, -0.25) is 14.5 Å². The molecule has 3 rings (SSSR count). The summed E-state index contributed by atoms with van der Waals surface area (Å²) in [6.45, 7) is -0.599. The second-order valence-corrected chi connectivity index (χ2v) is 10.3. The molecule has 1 aromatic carbocycles. The van der Waals surface area contributed by atoms with Gasteiger partial charge in [0.25, 0.3) is 5.91 Å². The Balaban J connectivity index is 1.91. The summed E-state index contributed by atoms with van der Waals surface area (Å²) in [6, 6.07) is 3.50. The predicted octanol–water partition coefficient (Wildman–Crippen LogP) is 4.29. The van der Waals surface area contributed by atoms with Gasteiger partial charge in [-0.05, 0) is 30.3 Å². The second kappa shape index (κ2) is 9.10. The molecule has 0 aliphatic carbocycles. The second-order valence-electron chi connectivity index (χ2n) is 7.89. The van der Waals surface area contributed by atoms with E-state index in [1.54, 1.807) is 0 Å². The number of likely N-dealkylation sites (tertiary alicyclic amines) is 1. The van der Waals surface area contributed by atoms with Gasteiger partial charge in [0.1, 0.15) is 17.5 Å². The molecule has 15 heteroatoms. The maximum atomic E-state index is 13.4. The van der Waals surface area contributed by atoms with Crippen molar-refractivity contribution in [1.29, 1.82) is 5.26 Å². The number of rotatable bonds is 8. The Hall–Kier alpha value is -3.64. The molecule has 1 aromatic heterocycles. The highest BCUT2D eigenvalue weighted by Gasteiger charge is 2.65. The molecule has 0 bridgehead atoms. The summed E-state index contributed by atoms with van der Waals surface area (Å²) >= 11 is 0. The highest BCUT2D eigenvalue weighted by Crippen LogP contribution is 3.02. The summed E-state index contributed by atoms with van der Waals surface area (Å²) < 4.78 is 75.9. The number of nitriles is 1. The van der Waals surface area contributed by atoms with Gasteiger partial charge in [-0.25, -0.2) is 4.98 Å². The number of pyridine rings is 1. The number of amides is 2. The fraction of sp³-hybridized carbons (Fsp3) is 0.333. The third-order valence-corrected chi connectivity index (χ3v) is 6.56. The lowest BCUT2D eigenvalue weighted by Crippen LogP contribution is -2.47. The van der Waals surface area contributed by atoms with E-state index in [9.17, 15) is 34.3 Å². The van der Waals surface area contributed by atoms with Gasteiger partial charge in [-0.1, -0.05) is 19.4 Å². The summed E-state index contributed by atoms with van der Waals surface area (Å²) in [5.41, 5.74) is -0.00390. The summed E-state index contributed by atoms with van der Waals surface area (Å²) in [6.07, 6.45) is 2.73. The predicted molar refractivity (Wildman–Crippen MR) is 121 cm³/mol. The van der Waals surface area contributed by atoms with E-state index < -0.39 is 45.6 Å². The number of aromatic nitrogens is 1. The van der Waals surface area contributed by atoms with E-state index >= 15 is 0 Å². The van der Waals surface area contributed by atoms with Crippen molar-refractivity contribution >= 4 is 33.4 Å². The number of carbonyl (C=O) groups is 2. The summed E-state index contributed by atoms with van der Waals surface area (Å²) in [4.78, 5) is 29.8. The first-order valence-electron chi connectivity index (χ1n) is 10.3. The van der Waals surface area contributed by atoms with Crippen molar-refractivity contribution in [2.75, 3.05) is 37.5 Å². The number of ether oxygens (including phenoxy) is 2. The van der Waals surface area contributed by atoms with Crippen LogP contribution < -0.4 is 15.0 Å². The summed E-state index contributed by atoms with van der Waals surface area (Å²) in [5.74, 6) is -1.27. The summed E-state index contributed by atoms with van der Waals surface area (Å²) in [5, 5.41) is 11.9. The molecule has 1 fully saturated rings. The number of carbonyl (C=O) groups excluding carboxylic acids is 2. The molecule has 0 radical (unpaired) electrons. The van der Waals surface area contributed by atoms with Crippen LogP contribution in [-0.4, -0.2) is 61.2 Å². The molecule has 1 aliphatic heterocycles. The molecular weight excluding hydrogens is 513 g/mol. The van der Waals surface area contributed by atoms with Gasteiger partial charge in [0.05, 0.1) is 31.6 Å². The molecule has 36 heavy (non-hydrogen) atoms.